The summed E-state index contributed by atoms with van der Waals surface area (Å²) in [7, 11) is -2.27. The molecule has 2 N–H and O–H groups in total. The zero-order valence-corrected chi connectivity index (χ0v) is 13.3. The van der Waals surface area contributed by atoms with E-state index < -0.39 is 15.8 Å². The average molecular weight is 316 g/mol. The smallest absolute Gasteiger partial charge is 0.243 e. The molecule has 0 aromatic heterocycles. The Balaban J connectivity index is 2.46. The standard InChI is InChI=1S/C14H21FN2O3S/c1-9-12(15)6-11(8-16)7-14(9)21(18,19)17(3)13-4-5-20-10(13)2/h6-7,10,13H,4-5,8,16H2,1-3H3. The van der Waals surface area contributed by atoms with Gasteiger partial charge in [-0.3, -0.25) is 0 Å². The third kappa shape index (κ3) is 2.96. The number of rotatable bonds is 4. The van der Waals surface area contributed by atoms with E-state index in [0.717, 1.165) is 0 Å². The van der Waals surface area contributed by atoms with Crippen LogP contribution in [0.15, 0.2) is 17.0 Å². The lowest BCUT2D eigenvalue weighted by Gasteiger charge is -2.27. The zero-order chi connectivity index (χ0) is 15.8. The van der Waals surface area contributed by atoms with E-state index in [9.17, 15) is 12.8 Å². The van der Waals surface area contributed by atoms with E-state index in [4.69, 9.17) is 10.5 Å². The summed E-state index contributed by atoms with van der Waals surface area (Å²) < 4.78 is 46.1. The average Bonchev–Trinajstić information content (AvgIpc) is 2.86. The largest absolute Gasteiger partial charge is 0.377 e. The van der Waals surface area contributed by atoms with E-state index in [0.29, 0.717) is 18.6 Å². The Morgan fingerprint density at radius 3 is 2.67 bits per heavy atom. The third-order valence-corrected chi connectivity index (χ3v) is 6.06. The molecule has 7 heteroatoms. The first-order chi connectivity index (χ1) is 9.78. The topological polar surface area (TPSA) is 72.6 Å². The molecule has 5 nitrogen and oxygen atoms in total. The van der Waals surface area contributed by atoms with Gasteiger partial charge in [-0.2, -0.15) is 4.31 Å². The van der Waals surface area contributed by atoms with Crippen LogP contribution < -0.4 is 5.73 Å². The molecule has 1 aromatic rings. The number of sulfonamides is 1. The van der Waals surface area contributed by atoms with Crippen molar-refractivity contribution in [3.8, 4) is 0 Å². The number of halogens is 1. The molecule has 0 spiro atoms. The number of hydrogen-bond donors (Lipinski definition) is 1. The third-order valence-electron chi connectivity index (χ3n) is 4.05. The van der Waals surface area contributed by atoms with Gasteiger partial charge in [0, 0.05) is 25.8 Å². The Labute approximate surface area is 124 Å². The van der Waals surface area contributed by atoms with Crippen LogP contribution in [0, 0.1) is 12.7 Å². The summed E-state index contributed by atoms with van der Waals surface area (Å²) in [6.07, 6.45) is 0.460. The van der Waals surface area contributed by atoms with Gasteiger partial charge in [-0.25, -0.2) is 12.8 Å². The van der Waals surface area contributed by atoms with Crippen LogP contribution in [0.1, 0.15) is 24.5 Å². The molecule has 2 unspecified atom stereocenters. The molecule has 1 aromatic carbocycles. The van der Waals surface area contributed by atoms with Crippen LogP contribution in [0.4, 0.5) is 4.39 Å². The number of likely N-dealkylation sites (N-methyl/N-ethyl adjacent to an activating group) is 1. The highest BCUT2D eigenvalue weighted by Crippen LogP contribution is 2.28. The number of nitrogens with zero attached hydrogens (tertiary/aromatic N) is 1. The SMILES string of the molecule is Cc1c(F)cc(CN)cc1S(=O)(=O)N(C)C1CCOC1C. The zero-order valence-electron chi connectivity index (χ0n) is 12.5. The van der Waals surface area contributed by atoms with Gasteiger partial charge in [0.15, 0.2) is 0 Å². The van der Waals surface area contributed by atoms with Crippen molar-refractivity contribution in [1.82, 2.24) is 4.31 Å². The number of hydrogen-bond acceptors (Lipinski definition) is 4. The molecule has 1 heterocycles. The van der Waals surface area contributed by atoms with Crippen molar-refractivity contribution < 1.29 is 17.5 Å². The molecule has 2 atom stereocenters. The molecule has 1 saturated heterocycles. The van der Waals surface area contributed by atoms with Crippen LogP contribution in [-0.4, -0.2) is 38.5 Å². The minimum Gasteiger partial charge on any atom is -0.377 e. The van der Waals surface area contributed by atoms with Gasteiger partial charge in [0.25, 0.3) is 0 Å². The molecule has 1 fully saturated rings. The number of benzene rings is 1. The molecule has 0 bridgehead atoms. The highest BCUT2D eigenvalue weighted by Gasteiger charge is 2.36. The van der Waals surface area contributed by atoms with Crippen molar-refractivity contribution in [3.05, 3.63) is 29.1 Å². The summed E-state index contributed by atoms with van der Waals surface area (Å²) >= 11 is 0. The minimum absolute atomic E-state index is 0.0236. The molecule has 0 saturated carbocycles. The molecule has 1 aliphatic rings. The Morgan fingerprint density at radius 1 is 1.48 bits per heavy atom. The summed E-state index contributed by atoms with van der Waals surface area (Å²) in [5.41, 5.74) is 6.08. The lowest BCUT2D eigenvalue weighted by molar-refractivity contribution is 0.102. The maximum Gasteiger partial charge on any atom is 0.243 e. The van der Waals surface area contributed by atoms with Crippen molar-refractivity contribution in [1.29, 1.82) is 0 Å². The molecule has 118 valence electrons. The summed E-state index contributed by atoms with van der Waals surface area (Å²) in [6.45, 7) is 3.92. The predicted octanol–water partition coefficient (Wildman–Crippen LogP) is 1.39. The Kier molecular flexibility index (Phi) is 4.67. The quantitative estimate of drug-likeness (QED) is 0.911. The van der Waals surface area contributed by atoms with Crippen molar-refractivity contribution >= 4 is 10.0 Å². The second kappa shape index (κ2) is 6.00. The molecule has 2 rings (SSSR count). The van der Waals surface area contributed by atoms with E-state index in [1.807, 2.05) is 6.92 Å². The molecule has 0 aliphatic carbocycles. The molecule has 1 aliphatic heterocycles. The molecule has 0 amide bonds. The fourth-order valence-corrected chi connectivity index (χ4v) is 4.35. The van der Waals surface area contributed by atoms with E-state index >= 15 is 0 Å². The lowest BCUT2D eigenvalue weighted by atomic mass is 10.1. The van der Waals surface area contributed by atoms with Crippen LogP contribution in [-0.2, 0) is 21.3 Å². The van der Waals surface area contributed by atoms with E-state index in [1.54, 1.807) is 0 Å². The van der Waals surface area contributed by atoms with Crippen LogP contribution in [0.3, 0.4) is 0 Å². The van der Waals surface area contributed by atoms with Crippen LogP contribution >= 0.6 is 0 Å². The Morgan fingerprint density at radius 2 is 2.14 bits per heavy atom. The van der Waals surface area contributed by atoms with Gasteiger partial charge in [0.2, 0.25) is 10.0 Å². The van der Waals surface area contributed by atoms with Gasteiger partial charge in [-0.1, -0.05) is 0 Å². The Bertz CT molecular complexity index is 633. The summed E-state index contributed by atoms with van der Waals surface area (Å²) in [6, 6.07) is 2.49. The van der Waals surface area contributed by atoms with E-state index in [1.165, 1.54) is 30.4 Å². The fourth-order valence-electron chi connectivity index (χ4n) is 2.62. The van der Waals surface area contributed by atoms with Gasteiger partial charge < -0.3 is 10.5 Å². The fraction of sp³-hybridized carbons (Fsp3) is 0.571. The number of nitrogens with two attached hydrogens (primary N) is 1. The van der Waals surface area contributed by atoms with Crippen LogP contribution in [0.5, 0.6) is 0 Å². The van der Waals surface area contributed by atoms with Crippen molar-refractivity contribution in [2.75, 3.05) is 13.7 Å². The number of ether oxygens (including phenoxy) is 1. The highest BCUT2D eigenvalue weighted by atomic mass is 32.2. The Hall–Kier alpha value is -1.02. The normalized spacial score (nSPS) is 23.0. The first-order valence-corrected chi connectivity index (χ1v) is 8.31. The highest BCUT2D eigenvalue weighted by molar-refractivity contribution is 7.89. The molecular formula is C14H21FN2O3S. The van der Waals surface area contributed by atoms with Gasteiger partial charge >= 0.3 is 0 Å². The maximum atomic E-state index is 13.9. The van der Waals surface area contributed by atoms with Crippen LogP contribution in [0.25, 0.3) is 0 Å². The monoisotopic (exact) mass is 316 g/mol. The summed E-state index contributed by atoms with van der Waals surface area (Å²) in [5, 5.41) is 0. The summed E-state index contributed by atoms with van der Waals surface area (Å²) in [4.78, 5) is -0.0236. The minimum atomic E-state index is -3.78. The maximum absolute atomic E-state index is 13.9. The van der Waals surface area contributed by atoms with Crippen LogP contribution in [0.2, 0.25) is 0 Å². The van der Waals surface area contributed by atoms with E-state index in [-0.39, 0.29) is 29.1 Å². The van der Waals surface area contributed by atoms with Gasteiger partial charge in [-0.15, -0.1) is 0 Å². The first-order valence-electron chi connectivity index (χ1n) is 6.87. The van der Waals surface area contributed by atoms with Gasteiger partial charge in [0.05, 0.1) is 17.0 Å². The lowest BCUT2D eigenvalue weighted by Crippen LogP contribution is -2.41. The van der Waals surface area contributed by atoms with Gasteiger partial charge in [0.1, 0.15) is 5.82 Å². The van der Waals surface area contributed by atoms with Crippen molar-refractivity contribution in [3.63, 3.8) is 0 Å². The van der Waals surface area contributed by atoms with Crippen molar-refractivity contribution in [2.45, 2.75) is 43.9 Å². The molecular weight excluding hydrogens is 295 g/mol. The van der Waals surface area contributed by atoms with Crippen molar-refractivity contribution in [2.24, 2.45) is 5.73 Å². The van der Waals surface area contributed by atoms with E-state index in [2.05, 4.69) is 0 Å². The van der Waals surface area contributed by atoms with Gasteiger partial charge in [-0.05, 0) is 38.0 Å². The first kappa shape index (κ1) is 16.4. The predicted molar refractivity (Wildman–Crippen MR) is 77.8 cm³/mol. The molecule has 21 heavy (non-hydrogen) atoms. The second-order valence-electron chi connectivity index (χ2n) is 5.36. The summed E-state index contributed by atoms with van der Waals surface area (Å²) in [5.74, 6) is -0.555. The second-order valence-corrected chi connectivity index (χ2v) is 7.32. The molecule has 0 radical (unpaired) electrons.